The molecule has 0 aliphatic carbocycles. The molecule has 0 amide bonds. The Balaban J connectivity index is 0.00000121. The summed E-state index contributed by atoms with van der Waals surface area (Å²) in [7, 11) is 0. The van der Waals surface area contributed by atoms with Crippen LogP contribution in [0.25, 0.3) is 0 Å². The summed E-state index contributed by atoms with van der Waals surface area (Å²) in [5, 5.41) is 6.33. The molecule has 22 heavy (non-hydrogen) atoms. The molecule has 0 saturated carbocycles. The van der Waals surface area contributed by atoms with Crippen molar-refractivity contribution < 1.29 is 0 Å². The molecule has 2 heterocycles. The van der Waals surface area contributed by atoms with Crippen molar-refractivity contribution in [1.82, 2.24) is 10.2 Å². The van der Waals surface area contributed by atoms with Gasteiger partial charge in [-0.15, -0.1) is 36.2 Å². The van der Waals surface area contributed by atoms with Crippen molar-refractivity contribution in [2.45, 2.75) is 6.04 Å². The fourth-order valence-corrected chi connectivity index (χ4v) is 4.02. The third-order valence-electron chi connectivity index (χ3n) is 3.59. The largest absolute Gasteiger partial charge is 0.314 e. The molecule has 1 aromatic heterocycles. The van der Waals surface area contributed by atoms with Gasteiger partial charge >= 0.3 is 0 Å². The summed E-state index contributed by atoms with van der Waals surface area (Å²) in [6, 6.07) is 10.9. The Bertz CT molecular complexity index is 574. The van der Waals surface area contributed by atoms with Crippen LogP contribution >= 0.6 is 63.7 Å². The van der Waals surface area contributed by atoms with Gasteiger partial charge in [0.1, 0.15) is 0 Å². The lowest BCUT2D eigenvalue weighted by Gasteiger charge is -2.35. The van der Waals surface area contributed by atoms with E-state index in [-0.39, 0.29) is 24.8 Å². The molecule has 1 fully saturated rings. The molecular weight excluding hydrogens is 427 g/mol. The maximum atomic E-state index is 6.13. The molecule has 0 bridgehead atoms. The first-order valence-electron chi connectivity index (χ1n) is 6.69. The highest BCUT2D eigenvalue weighted by Crippen LogP contribution is 2.35. The Morgan fingerprint density at radius 2 is 1.91 bits per heavy atom. The second-order valence-corrected chi connectivity index (χ2v) is 7.12. The van der Waals surface area contributed by atoms with Crippen LogP contribution in [0.4, 0.5) is 0 Å². The molecule has 7 heteroatoms. The first-order valence-corrected chi connectivity index (χ1v) is 8.74. The summed E-state index contributed by atoms with van der Waals surface area (Å²) in [4.78, 5) is 3.93. The quantitative estimate of drug-likeness (QED) is 0.717. The molecular formula is C15H18BrCl3N2S. The van der Waals surface area contributed by atoms with Gasteiger partial charge < -0.3 is 5.32 Å². The molecule has 0 spiro atoms. The van der Waals surface area contributed by atoms with E-state index in [2.05, 4.69) is 55.8 Å². The van der Waals surface area contributed by atoms with Gasteiger partial charge in [0, 0.05) is 35.5 Å². The minimum absolute atomic E-state index is 0. The zero-order valence-electron chi connectivity index (χ0n) is 11.8. The van der Waals surface area contributed by atoms with Crippen LogP contribution < -0.4 is 5.32 Å². The lowest BCUT2D eigenvalue weighted by Crippen LogP contribution is -2.45. The van der Waals surface area contributed by atoms with E-state index in [1.807, 2.05) is 17.4 Å². The summed E-state index contributed by atoms with van der Waals surface area (Å²) < 4.78 is 0.966. The first-order chi connectivity index (χ1) is 9.75. The first kappa shape index (κ1) is 20.2. The van der Waals surface area contributed by atoms with Crippen molar-refractivity contribution >= 4 is 63.7 Å². The number of halogens is 4. The fourth-order valence-electron chi connectivity index (χ4n) is 2.62. The van der Waals surface area contributed by atoms with Gasteiger partial charge in [0.15, 0.2) is 0 Å². The highest BCUT2D eigenvalue weighted by molar-refractivity contribution is 9.10. The highest BCUT2D eigenvalue weighted by atomic mass is 79.9. The third-order valence-corrected chi connectivity index (χ3v) is 5.73. The molecule has 1 aliphatic heterocycles. The van der Waals surface area contributed by atoms with Crippen molar-refractivity contribution in [3.63, 3.8) is 0 Å². The lowest BCUT2D eigenvalue weighted by molar-refractivity contribution is 0.200. The van der Waals surface area contributed by atoms with Crippen molar-refractivity contribution in [2.75, 3.05) is 26.2 Å². The lowest BCUT2D eigenvalue weighted by atomic mass is 10.0. The molecule has 0 unspecified atom stereocenters. The van der Waals surface area contributed by atoms with E-state index in [9.17, 15) is 0 Å². The molecule has 2 nitrogen and oxygen atoms in total. The Morgan fingerprint density at radius 3 is 2.50 bits per heavy atom. The minimum Gasteiger partial charge on any atom is -0.314 e. The summed E-state index contributed by atoms with van der Waals surface area (Å²) in [5.41, 5.74) is 1.30. The standard InChI is InChI=1S/C15H16BrClN2S.2ClH/c16-12-10-11(3-4-13(12)17)15(14-2-1-9-20-14)19-7-5-18-6-8-19;;/h1-4,9-10,15,18H,5-8H2;2*1H/t15-;;/m1../s1. The number of piperazine rings is 1. The van der Waals surface area contributed by atoms with E-state index in [4.69, 9.17) is 11.6 Å². The van der Waals surface area contributed by atoms with Crippen LogP contribution in [0.3, 0.4) is 0 Å². The van der Waals surface area contributed by atoms with E-state index in [1.165, 1.54) is 10.4 Å². The molecule has 2 aromatic rings. The topological polar surface area (TPSA) is 15.3 Å². The number of thiophene rings is 1. The summed E-state index contributed by atoms with van der Waals surface area (Å²) in [6.45, 7) is 4.25. The van der Waals surface area contributed by atoms with Gasteiger partial charge in [-0.2, -0.15) is 0 Å². The summed E-state index contributed by atoms with van der Waals surface area (Å²) in [5.74, 6) is 0. The van der Waals surface area contributed by atoms with Gasteiger partial charge in [0.05, 0.1) is 11.1 Å². The summed E-state index contributed by atoms with van der Waals surface area (Å²) >= 11 is 11.5. The van der Waals surface area contributed by atoms with Crippen molar-refractivity contribution in [2.24, 2.45) is 0 Å². The smallest absolute Gasteiger partial charge is 0.0697 e. The molecule has 1 atom stereocenters. The van der Waals surface area contributed by atoms with Gasteiger partial charge in [-0.25, -0.2) is 0 Å². The highest BCUT2D eigenvalue weighted by Gasteiger charge is 2.24. The molecule has 1 aliphatic rings. The van der Waals surface area contributed by atoms with Crippen molar-refractivity contribution in [3.8, 4) is 0 Å². The number of nitrogens with one attached hydrogen (secondary N) is 1. The number of nitrogens with zero attached hydrogens (tertiary/aromatic N) is 1. The maximum Gasteiger partial charge on any atom is 0.0697 e. The second kappa shape index (κ2) is 9.48. The molecule has 3 rings (SSSR count). The molecule has 122 valence electrons. The molecule has 1 aromatic carbocycles. The van der Waals surface area contributed by atoms with Crippen LogP contribution in [-0.4, -0.2) is 31.1 Å². The van der Waals surface area contributed by atoms with E-state index < -0.39 is 0 Å². The van der Waals surface area contributed by atoms with Crippen LogP contribution in [0, 0.1) is 0 Å². The van der Waals surface area contributed by atoms with Crippen LogP contribution in [0.5, 0.6) is 0 Å². The van der Waals surface area contributed by atoms with E-state index in [0.717, 1.165) is 35.7 Å². The Labute approximate surface area is 161 Å². The van der Waals surface area contributed by atoms with Crippen molar-refractivity contribution in [3.05, 3.63) is 55.6 Å². The molecule has 1 saturated heterocycles. The van der Waals surface area contributed by atoms with Gasteiger partial charge in [-0.05, 0) is 45.1 Å². The molecule has 1 N–H and O–H groups in total. The van der Waals surface area contributed by atoms with E-state index in [1.54, 1.807) is 0 Å². The maximum absolute atomic E-state index is 6.13. The van der Waals surface area contributed by atoms with Crippen LogP contribution in [0.2, 0.25) is 5.02 Å². The Morgan fingerprint density at radius 1 is 1.18 bits per heavy atom. The van der Waals surface area contributed by atoms with E-state index >= 15 is 0 Å². The monoisotopic (exact) mass is 442 g/mol. The van der Waals surface area contributed by atoms with Crippen molar-refractivity contribution in [1.29, 1.82) is 0 Å². The number of rotatable bonds is 3. The number of hydrogen-bond acceptors (Lipinski definition) is 3. The van der Waals surface area contributed by atoms with Gasteiger partial charge in [0.2, 0.25) is 0 Å². The van der Waals surface area contributed by atoms with Crippen LogP contribution in [0.15, 0.2) is 40.2 Å². The number of hydrogen-bond donors (Lipinski definition) is 1. The molecule has 0 radical (unpaired) electrons. The van der Waals surface area contributed by atoms with Crippen LogP contribution in [-0.2, 0) is 0 Å². The second-order valence-electron chi connectivity index (χ2n) is 4.88. The van der Waals surface area contributed by atoms with Gasteiger partial charge in [-0.3, -0.25) is 4.90 Å². The van der Waals surface area contributed by atoms with Gasteiger partial charge in [-0.1, -0.05) is 23.7 Å². The predicted octanol–water partition coefficient (Wildman–Crippen LogP) is 5.00. The predicted molar refractivity (Wildman–Crippen MR) is 104 cm³/mol. The van der Waals surface area contributed by atoms with Crippen LogP contribution in [0.1, 0.15) is 16.5 Å². The average molecular weight is 445 g/mol. The Kier molecular flexibility index (Phi) is 8.72. The summed E-state index contributed by atoms with van der Waals surface area (Å²) in [6.07, 6.45) is 0. The zero-order valence-corrected chi connectivity index (χ0v) is 16.6. The Hall–Kier alpha value is 0.190. The third kappa shape index (κ3) is 4.60. The number of benzene rings is 1. The van der Waals surface area contributed by atoms with Gasteiger partial charge in [0.25, 0.3) is 0 Å². The average Bonchev–Trinajstić information content (AvgIpc) is 2.98. The van der Waals surface area contributed by atoms with E-state index in [0.29, 0.717) is 6.04 Å². The normalized spacial score (nSPS) is 16.5. The SMILES string of the molecule is Cl.Cl.Clc1ccc([C@H](c2cccs2)N2CCNCC2)cc1Br. The zero-order chi connectivity index (χ0) is 13.9. The minimum atomic E-state index is 0. The fraction of sp³-hybridized carbons (Fsp3) is 0.333.